The predicted molar refractivity (Wildman–Crippen MR) is 82.4 cm³/mol. The molecule has 0 N–H and O–H groups in total. The van der Waals surface area contributed by atoms with Crippen molar-refractivity contribution in [2.75, 3.05) is 6.54 Å². The van der Waals surface area contributed by atoms with Crippen LogP contribution in [0.4, 0.5) is 0 Å². The summed E-state index contributed by atoms with van der Waals surface area (Å²) < 4.78 is 0. The Balaban J connectivity index is 2.22. The second-order valence-corrected chi connectivity index (χ2v) is 4.82. The zero-order valence-electron chi connectivity index (χ0n) is 11.1. The summed E-state index contributed by atoms with van der Waals surface area (Å²) in [5.41, 5.74) is 1.95. The molecule has 1 atom stereocenters. The Morgan fingerprint density at radius 3 is 3.16 bits per heavy atom. The van der Waals surface area contributed by atoms with Crippen LogP contribution in [0.25, 0.3) is 0 Å². The summed E-state index contributed by atoms with van der Waals surface area (Å²) in [4.78, 5) is 4.27. The highest BCUT2D eigenvalue weighted by atomic mass is 35.5. The minimum Gasteiger partial charge on any atom is -0.293 e. The summed E-state index contributed by atoms with van der Waals surface area (Å²) in [6.45, 7) is 6.79. The fourth-order valence-corrected chi connectivity index (χ4v) is 2.33. The molecule has 0 aromatic heterocycles. The summed E-state index contributed by atoms with van der Waals surface area (Å²) in [6.07, 6.45) is 14.0. The van der Waals surface area contributed by atoms with Gasteiger partial charge in [0, 0.05) is 11.6 Å². The van der Waals surface area contributed by atoms with Gasteiger partial charge in [0.2, 0.25) is 0 Å². The lowest BCUT2D eigenvalue weighted by molar-refractivity contribution is 0.410. The van der Waals surface area contributed by atoms with Gasteiger partial charge in [-0.25, -0.2) is 5.01 Å². The van der Waals surface area contributed by atoms with Crippen LogP contribution in [0.2, 0.25) is 0 Å². The van der Waals surface area contributed by atoms with E-state index in [0.717, 1.165) is 30.8 Å². The summed E-state index contributed by atoms with van der Waals surface area (Å²) in [5.74, 6) is 0.313. The Morgan fingerprint density at radius 2 is 2.37 bits per heavy atom. The molecule has 100 valence electrons. The van der Waals surface area contributed by atoms with Gasteiger partial charge in [-0.3, -0.25) is 4.99 Å². The van der Waals surface area contributed by atoms with Gasteiger partial charge in [0.15, 0.2) is 0 Å². The SMILES string of the molecule is C=C1C=CC(Cl)=NN1/C(=C\C)C1/C=C\CN=CCC1. The average molecular weight is 276 g/mol. The van der Waals surface area contributed by atoms with Crippen LogP contribution in [-0.4, -0.2) is 22.9 Å². The highest BCUT2D eigenvalue weighted by Crippen LogP contribution is 2.28. The summed E-state index contributed by atoms with van der Waals surface area (Å²) in [7, 11) is 0. The third-order valence-electron chi connectivity index (χ3n) is 3.12. The molecule has 0 amide bonds. The van der Waals surface area contributed by atoms with E-state index in [-0.39, 0.29) is 0 Å². The Morgan fingerprint density at radius 1 is 1.53 bits per heavy atom. The van der Waals surface area contributed by atoms with Crippen molar-refractivity contribution in [3.8, 4) is 0 Å². The Kier molecular flexibility index (Phi) is 4.74. The van der Waals surface area contributed by atoms with Crippen molar-refractivity contribution in [1.82, 2.24) is 5.01 Å². The van der Waals surface area contributed by atoms with Crippen LogP contribution in [0.3, 0.4) is 0 Å². The van der Waals surface area contributed by atoms with Crippen LogP contribution in [0.15, 0.2) is 58.4 Å². The summed E-state index contributed by atoms with van der Waals surface area (Å²) >= 11 is 5.99. The van der Waals surface area contributed by atoms with Gasteiger partial charge in [-0.15, -0.1) is 0 Å². The molecule has 1 unspecified atom stereocenters. The molecule has 0 aromatic carbocycles. The third-order valence-corrected chi connectivity index (χ3v) is 3.32. The molecular weight excluding hydrogens is 258 g/mol. The normalized spacial score (nSPS) is 25.9. The van der Waals surface area contributed by atoms with Gasteiger partial charge in [-0.05, 0) is 38.1 Å². The first-order valence-corrected chi connectivity index (χ1v) is 6.82. The highest BCUT2D eigenvalue weighted by molar-refractivity contribution is 6.68. The third kappa shape index (κ3) is 3.44. The summed E-state index contributed by atoms with van der Waals surface area (Å²) in [6, 6.07) is 0. The molecule has 4 heteroatoms. The average Bonchev–Trinajstić information content (AvgIpc) is 2.36. The van der Waals surface area contributed by atoms with Crippen molar-refractivity contribution in [1.29, 1.82) is 0 Å². The molecule has 2 aliphatic rings. The van der Waals surface area contributed by atoms with Crippen LogP contribution in [0, 0.1) is 5.92 Å². The number of rotatable bonds is 2. The first kappa shape index (κ1) is 13.8. The number of hydrazone groups is 1. The van der Waals surface area contributed by atoms with E-state index in [0.29, 0.717) is 11.1 Å². The van der Waals surface area contributed by atoms with E-state index in [1.165, 1.54) is 0 Å². The largest absolute Gasteiger partial charge is 0.293 e. The lowest BCUT2D eigenvalue weighted by Gasteiger charge is -2.29. The Hall–Kier alpha value is -1.61. The van der Waals surface area contributed by atoms with Gasteiger partial charge in [-0.2, -0.15) is 5.10 Å². The first-order valence-electron chi connectivity index (χ1n) is 6.44. The van der Waals surface area contributed by atoms with E-state index in [1.54, 1.807) is 6.08 Å². The number of nitrogens with zero attached hydrogens (tertiary/aromatic N) is 3. The monoisotopic (exact) mass is 275 g/mol. The van der Waals surface area contributed by atoms with E-state index in [1.807, 2.05) is 24.2 Å². The zero-order chi connectivity index (χ0) is 13.7. The molecule has 0 radical (unpaired) electrons. The minimum atomic E-state index is 0.313. The van der Waals surface area contributed by atoms with Gasteiger partial charge in [-0.1, -0.05) is 36.4 Å². The van der Waals surface area contributed by atoms with E-state index >= 15 is 0 Å². The number of aliphatic imine (C=N–C) groups is 1. The zero-order valence-corrected chi connectivity index (χ0v) is 11.8. The van der Waals surface area contributed by atoms with E-state index in [9.17, 15) is 0 Å². The second kappa shape index (κ2) is 6.53. The molecule has 0 saturated heterocycles. The molecule has 0 aromatic rings. The summed E-state index contributed by atoms with van der Waals surface area (Å²) in [5, 5.41) is 6.66. The molecule has 2 heterocycles. The Bertz CT molecular complexity index is 498. The van der Waals surface area contributed by atoms with Crippen LogP contribution >= 0.6 is 11.6 Å². The highest BCUT2D eigenvalue weighted by Gasteiger charge is 2.20. The van der Waals surface area contributed by atoms with Crippen molar-refractivity contribution in [2.24, 2.45) is 16.0 Å². The second-order valence-electron chi connectivity index (χ2n) is 4.43. The topological polar surface area (TPSA) is 28.0 Å². The van der Waals surface area contributed by atoms with Crippen molar-refractivity contribution < 1.29 is 0 Å². The molecule has 0 saturated carbocycles. The van der Waals surface area contributed by atoms with Crippen molar-refractivity contribution >= 4 is 23.0 Å². The quantitative estimate of drug-likeness (QED) is 0.703. The molecule has 3 nitrogen and oxygen atoms in total. The molecule has 0 fully saturated rings. The van der Waals surface area contributed by atoms with E-state index in [2.05, 4.69) is 34.9 Å². The number of hydrogen-bond donors (Lipinski definition) is 0. The molecule has 2 aliphatic heterocycles. The van der Waals surface area contributed by atoms with Gasteiger partial charge in [0.1, 0.15) is 5.17 Å². The van der Waals surface area contributed by atoms with Crippen molar-refractivity contribution in [3.63, 3.8) is 0 Å². The molecule has 19 heavy (non-hydrogen) atoms. The fraction of sp³-hybridized carbons (Fsp3) is 0.333. The smallest absolute Gasteiger partial charge is 0.150 e. The van der Waals surface area contributed by atoms with Crippen molar-refractivity contribution in [2.45, 2.75) is 19.8 Å². The number of halogens is 1. The van der Waals surface area contributed by atoms with Crippen LogP contribution < -0.4 is 0 Å². The standard InChI is InChI=1S/C15H18ClN3/c1-3-14(13-6-4-10-17-11-5-7-13)19-12(2)8-9-15(16)18-19/h3-4,6,8-9,11,13H,2,5,7,10H2,1H3/b6-4-,14-3-,17-11?. The maximum atomic E-state index is 5.99. The van der Waals surface area contributed by atoms with Crippen molar-refractivity contribution in [3.05, 3.63) is 48.4 Å². The number of hydrogen-bond acceptors (Lipinski definition) is 3. The van der Waals surface area contributed by atoms with E-state index in [4.69, 9.17) is 11.6 Å². The molecule has 0 aliphatic carbocycles. The fourth-order valence-electron chi connectivity index (χ4n) is 2.19. The van der Waals surface area contributed by atoms with Crippen LogP contribution in [0.1, 0.15) is 19.8 Å². The van der Waals surface area contributed by atoms with Crippen LogP contribution in [-0.2, 0) is 0 Å². The molecule has 0 bridgehead atoms. The van der Waals surface area contributed by atoms with Gasteiger partial charge >= 0.3 is 0 Å². The molecular formula is C15H18ClN3. The maximum absolute atomic E-state index is 5.99. The lowest BCUT2D eigenvalue weighted by atomic mass is 9.97. The maximum Gasteiger partial charge on any atom is 0.150 e. The molecule has 0 spiro atoms. The van der Waals surface area contributed by atoms with Crippen LogP contribution in [0.5, 0.6) is 0 Å². The molecule has 2 rings (SSSR count). The van der Waals surface area contributed by atoms with Gasteiger partial charge < -0.3 is 0 Å². The Labute approximate surface area is 119 Å². The van der Waals surface area contributed by atoms with E-state index < -0.39 is 0 Å². The first-order chi connectivity index (χ1) is 9.22. The predicted octanol–water partition coefficient (Wildman–Crippen LogP) is 3.87. The minimum absolute atomic E-state index is 0.313. The van der Waals surface area contributed by atoms with Gasteiger partial charge in [0.25, 0.3) is 0 Å². The lowest BCUT2D eigenvalue weighted by Crippen LogP contribution is -2.23. The van der Waals surface area contributed by atoms with Gasteiger partial charge in [0.05, 0.1) is 12.2 Å². The number of allylic oxidation sites excluding steroid dienone is 4.